The summed E-state index contributed by atoms with van der Waals surface area (Å²) >= 11 is 0. The number of rotatable bonds is 13. The van der Waals surface area contributed by atoms with Crippen LogP contribution in [0.15, 0.2) is 72.3 Å². The lowest BCUT2D eigenvalue weighted by molar-refractivity contribution is -0.224. The predicted octanol–water partition coefficient (Wildman–Crippen LogP) is 9.63. The Bertz CT molecular complexity index is 1760. The Morgan fingerprint density at radius 1 is 0.833 bits per heavy atom. The van der Waals surface area contributed by atoms with Gasteiger partial charge in [0.1, 0.15) is 5.41 Å². The van der Waals surface area contributed by atoms with Crippen molar-refractivity contribution in [2.75, 3.05) is 45.9 Å². The van der Waals surface area contributed by atoms with Crippen LogP contribution in [0.5, 0.6) is 0 Å². The monoisotopic (exact) mass is 821 g/mol. The number of carbonyl (C=O) groups excluding carboxylic acids is 2. The van der Waals surface area contributed by atoms with Gasteiger partial charge in [-0.1, -0.05) is 113 Å². The molecule has 4 saturated heterocycles. The maximum Gasteiger partial charge on any atom is 0.318 e. The fourth-order valence-electron chi connectivity index (χ4n) is 13.9. The molecule has 60 heavy (non-hydrogen) atoms. The molecular weight excluding hydrogens is 749 g/mol. The molecule has 3 aliphatic carbocycles. The normalized spacial score (nSPS) is 36.1. The summed E-state index contributed by atoms with van der Waals surface area (Å²) in [5, 5.41) is 0. The molecule has 8 heteroatoms. The van der Waals surface area contributed by atoms with Gasteiger partial charge in [0, 0.05) is 37.4 Å². The van der Waals surface area contributed by atoms with E-state index >= 15 is 4.79 Å². The minimum absolute atomic E-state index is 0.0121. The van der Waals surface area contributed by atoms with Crippen molar-refractivity contribution in [2.45, 2.75) is 129 Å². The second kappa shape index (κ2) is 18.0. The minimum atomic E-state index is -1.02. The van der Waals surface area contributed by atoms with Crippen molar-refractivity contribution in [1.82, 2.24) is 9.80 Å². The van der Waals surface area contributed by atoms with E-state index in [1.165, 1.54) is 31.3 Å². The molecule has 2 aromatic rings. The van der Waals surface area contributed by atoms with E-state index in [4.69, 9.17) is 18.9 Å². The first kappa shape index (κ1) is 42.3. The summed E-state index contributed by atoms with van der Waals surface area (Å²) in [6, 6.07) is 20.6. The van der Waals surface area contributed by atoms with Gasteiger partial charge in [-0.3, -0.25) is 9.59 Å². The lowest BCUT2D eigenvalue weighted by Crippen LogP contribution is -2.61. The second-order valence-electron chi connectivity index (χ2n) is 20.3. The largest absolute Gasteiger partial charge is 0.452 e. The SMILES string of the molecule is CC(C)C1=CC2CC(C3OCCO3)([C@@H]3CC[C@@H](C)C3C)C1(C(=O)OC(c1ccccc1)c1ccccc1)C2C1CC(CCC(=O)N2CCCCC2)C(CN2CCCCC2)O1. The molecule has 7 aliphatic rings. The number of hydrogen-bond acceptors (Lipinski definition) is 7. The molecule has 10 atom stereocenters. The number of benzene rings is 2. The molecule has 0 aromatic heterocycles. The van der Waals surface area contributed by atoms with E-state index in [1.54, 1.807) is 0 Å². The fraction of sp³-hybridized carbons (Fsp3) is 0.692. The summed E-state index contributed by atoms with van der Waals surface area (Å²) in [6.07, 6.45) is 13.6. The Kier molecular flexibility index (Phi) is 12.7. The summed E-state index contributed by atoms with van der Waals surface area (Å²) < 4.78 is 28.4. The number of fused-ring (bicyclic) bond motifs is 2. The highest BCUT2D eigenvalue weighted by molar-refractivity contribution is 5.86. The molecule has 2 bridgehead atoms. The molecule has 0 radical (unpaired) electrons. The standard InChI is InChI=1S/C52H72N2O6/c1-35(2)43-31-41-33-51(50-57-29-30-58-50,42-23-21-36(3)37(42)4)52(43,49(56)60-48(38-17-9-5-10-18-38)39-19-11-6-12-20-39)47(41)44-32-40(22-24-46(55)54-27-15-8-16-28-54)45(59-44)34-53-25-13-7-14-26-53/h5-6,9-12,17-20,31,35-37,40-42,44-45,47-48,50H,7-8,13-16,21-30,32-34H2,1-4H3/t36-,37?,40?,41?,42-,44?,45?,47?,51?,52?/m1/s1. The van der Waals surface area contributed by atoms with Crippen LogP contribution in [0.2, 0.25) is 0 Å². The molecule has 6 fully saturated rings. The Labute approximate surface area is 360 Å². The van der Waals surface area contributed by atoms with E-state index in [0.717, 1.165) is 88.8 Å². The first-order valence-electron chi connectivity index (χ1n) is 24.1. The third-order valence-electron chi connectivity index (χ3n) is 16.8. The minimum Gasteiger partial charge on any atom is -0.452 e. The number of piperidine rings is 2. The zero-order valence-corrected chi connectivity index (χ0v) is 37.0. The molecule has 326 valence electrons. The van der Waals surface area contributed by atoms with Gasteiger partial charge in [-0.25, -0.2) is 0 Å². The van der Waals surface area contributed by atoms with Gasteiger partial charge in [0.25, 0.3) is 0 Å². The number of ether oxygens (including phenoxy) is 4. The molecule has 0 N–H and O–H groups in total. The van der Waals surface area contributed by atoms with E-state index in [2.05, 4.69) is 67.8 Å². The zero-order valence-electron chi connectivity index (χ0n) is 37.0. The van der Waals surface area contributed by atoms with Crippen molar-refractivity contribution >= 4 is 11.9 Å². The van der Waals surface area contributed by atoms with Gasteiger partial charge in [0.05, 0.1) is 25.4 Å². The van der Waals surface area contributed by atoms with Gasteiger partial charge in [-0.05, 0) is 118 Å². The average Bonchev–Trinajstić information content (AvgIpc) is 4.13. The van der Waals surface area contributed by atoms with Crippen molar-refractivity contribution in [3.8, 4) is 0 Å². The van der Waals surface area contributed by atoms with Gasteiger partial charge >= 0.3 is 5.97 Å². The van der Waals surface area contributed by atoms with E-state index in [0.29, 0.717) is 37.4 Å². The quantitative estimate of drug-likeness (QED) is 0.147. The van der Waals surface area contributed by atoms with E-state index in [9.17, 15) is 4.79 Å². The van der Waals surface area contributed by atoms with Crippen LogP contribution in [0.25, 0.3) is 0 Å². The summed E-state index contributed by atoms with van der Waals surface area (Å²) in [5.74, 6) is 1.63. The van der Waals surface area contributed by atoms with Crippen molar-refractivity contribution in [3.63, 3.8) is 0 Å². The van der Waals surface area contributed by atoms with E-state index < -0.39 is 23.2 Å². The summed E-state index contributed by atoms with van der Waals surface area (Å²) in [7, 11) is 0. The first-order valence-corrected chi connectivity index (χ1v) is 24.1. The molecule has 4 aliphatic heterocycles. The van der Waals surface area contributed by atoms with Crippen molar-refractivity contribution in [2.24, 2.45) is 52.3 Å². The number of nitrogens with zero attached hydrogens (tertiary/aromatic N) is 2. The van der Waals surface area contributed by atoms with Gasteiger partial charge in [-0.2, -0.15) is 0 Å². The van der Waals surface area contributed by atoms with Crippen LogP contribution in [0, 0.1) is 52.3 Å². The highest BCUT2D eigenvalue weighted by Gasteiger charge is 2.80. The zero-order chi connectivity index (χ0) is 41.4. The molecule has 4 heterocycles. The van der Waals surface area contributed by atoms with Gasteiger partial charge in [-0.15, -0.1) is 0 Å². The van der Waals surface area contributed by atoms with Crippen molar-refractivity contribution in [3.05, 3.63) is 83.4 Å². The molecular formula is C52H72N2O6. The number of amides is 1. The third-order valence-corrected chi connectivity index (χ3v) is 16.8. The van der Waals surface area contributed by atoms with Crippen molar-refractivity contribution in [1.29, 1.82) is 0 Å². The van der Waals surface area contributed by atoms with Gasteiger partial charge in [0.2, 0.25) is 5.91 Å². The Balaban J connectivity index is 1.15. The molecule has 8 nitrogen and oxygen atoms in total. The third kappa shape index (κ3) is 7.51. The van der Waals surface area contributed by atoms with Crippen LogP contribution in [-0.2, 0) is 28.5 Å². The second-order valence-corrected chi connectivity index (χ2v) is 20.3. The van der Waals surface area contributed by atoms with Crippen LogP contribution < -0.4 is 0 Å². The molecule has 9 rings (SSSR count). The summed E-state index contributed by atoms with van der Waals surface area (Å²) in [6.45, 7) is 15.3. The average molecular weight is 821 g/mol. The Hall–Kier alpha value is -3.04. The van der Waals surface area contributed by atoms with Crippen LogP contribution in [0.1, 0.15) is 122 Å². The number of esters is 1. The van der Waals surface area contributed by atoms with Crippen LogP contribution in [-0.4, -0.2) is 86.1 Å². The smallest absolute Gasteiger partial charge is 0.318 e. The van der Waals surface area contributed by atoms with E-state index in [1.807, 2.05) is 36.4 Å². The number of hydrogen-bond donors (Lipinski definition) is 0. The molecule has 8 unspecified atom stereocenters. The lowest BCUT2D eigenvalue weighted by atomic mass is 9.49. The van der Waals surface area contributed by atoms with Gasteiger partial charge in [0.15, 0.2) is 12.4 Å². The number of allylic oxidation sites excluding steroid dienone is 1. The van der Waals surface area contributed by atoms with E-state index in [-0.39, 0.29) is 47.8 Å². The number of likely N-dealkylation sites (tertiary alicyclic amines) is 2. The highest BCUT2D eigenvalue weighted by atomic mass is 16.7. The Morgan fingerprint density at radius 3 is 2.07 bits per heavy atom. The maximum atomic E-state index is 16.6. The van der Waals surface area contributed by atoms with Crippen LogP contribution in [0.4, 0.5) is 0 Å². The molecule has 0 spiro atoms. The predicted molar refractivity (Wildman–Crippen MR) is 234 cm³/mol. The number of carbonyl (C=O) groups is 2. The molecule has 2 aromatic carbocycles. The van der Waals surface area contributed by atoms with Gasteiger partial charge < -0.3 is 28.7 Å². The highest BCUT2D eigenvalue weighted by Crippen LogP contribution is 2.77. The lowest BCUT2D eigenvalue weighted by Gasteiger charge is -2.55. The molecule has 1 amide bonds. The maximum absolute atomic E-state index is 16.6. The summed E-state index contributed by atoms with van der Waals surface area (Å²) in [4.78, 5) is 35.0. The topological polar surface area (TPSA) is 77.5 Å². The fourth-order valence-corrected chi connectivity index (χ4v) is 13.9. The molecule has 2 saturated carbocycles. The Morgan fingerprint density at radius 2 is 1.47 bits per heavy atom. The summed E-state index contributed by atoms with van der Waals surface area (Å²) in [5.41, 5.74) is 1.47. The van der Waals surface area contributed by atoms with Crippen molar-refractivity contribution < 1.29 is 28.5 Å². The van der Waals surface area contributed by atoms with Crippen LogP contribution in [0.3, 0.4) is 0 Å². The first-order chi connectivity index (χ1) is 29.2. The van der Waals surface area contributed by atoms with Crippen LogP contribution >= 0.6 is 0 Å².